The second kappa shape index (κ2) is 10.6. The van der Waals surface area contributed by atoms with Crippen molar-refractivity contribution in [3.05, 3.63) is 59.9 Å². The highest BCUT2D eigenvalue weighted by atomic mass is 16.5. The van der Waals surface area contributed by atoms with E-state index in [9.17, 15) is 14.4 Å². The third-order valence-corrected chi connectivity index (χ3v) is 5.32. The molecule has 1 saturated heterocycles. The normalized spacial score (nSPS) is 15.1. The molecule has 0 spiro atoms. The van der Waals surface area contributed by atoms with Crippen LogP contribution in [-0.2, 0) is 16.0 Å². The molecule has 0 bridgehead atoms. The number of methoxy groups -OCH3 is 1. The molecule has 1 atom stereocenters. The first kappa shape index (κ1) is 22.3. The Kier molecular flexibility index (Phi) is 7.59. The number of rotatable bonds is 7. The molecule has 0 radical (unpaired) electrons. The van der Waals surface area contributed by atoms with Gasteiger partial charge in [0.25, 0.3) is 5.91 Å². The van der Waals surface area contributed by atoms with Gasteiger partial charge >= 0.3 is 0 Å². The molecule has 31 heavy (non-hydrogen) atoms. The minimum Gasteiger partial charge on any atom is -0.497 e. The van der Waals surface area contributed by atoms with Crippen LogP contribution in [0, 0.1) is 0 Å². The summed E-state index contributed by atoms with van der Waals surface area (Å²) in [5.41, 5.74) is 1.51. The molecule has 3 amide bonds. The summed E-state index contributed by atoms with van der Waals surface area (Å²) in [6, 6.07) is 10.1. The van der Waals surface area contributed by atoms with Gasteiger partial charge < -0.3 is 20.3 Å². The Hall–Kier alpha value is -3.42. The summed E-state index contributed by atoms with van der Waals surface area (Å²) in [4.78, 5) is 42.8. The molecule has 1 aliphatic rings. The van der Waals surface area contributed by atoms with Crippen LogP contribution in [-0.4, -0.2) is 59.9 Å². The van der Waals surface area contributed by atoms with Crippen molar-refractivity contribution < 1.29 is 19.1 Å². The number of aromatic nitrogens is 1. The number of carbonyl (C=O) groups excluding carboxylic acids is 3. The second-order valence-corrected chi connectivity index (χ2v) is 7.62. The van der Waals surface area contributed by atoms with Gasteiger partial charge in [-0.15, -0.1) is 0 Å². The SMILES string of the molecule is COc1cccc(CC(NC(C)=O)C(=O)NC2CCN(C(=O)c3ccncc3)CC2)c1. The zero-order chi connectivity index (χ0) is 22.2. The maximum absolute atomic E-state index is 12.9. The van der Waals surface area contributed by atoms with Crippen molar-refractivity contribution in [1.82, 2.24) is 20.5 Å². The van der Waals surface area contributed by atoms with Gasteiger partial charge in [0.15, 0.2) is 0 Å². The molecule has 3 rings (SSSR count). The number of nitrogens with one attached hydrogen (secondary N) is 2. The van der Waals surface area contributed by atoms with Crippen LogP contribution in [0.1, 0.15) is 35.7 Å². The van der Waals surface area contributed by atoms with E-state index in [-0.39, 0.29) is 23.8 Å². The summed E-state index contributed by atoms with van der Waals surface area (Å²) in [5, 5.41) is 5.78. The Bertz CT molecular complexity index is 911. The van der Waals surface area contributed by atoms with E-state index in [1.54, 1.807) is 36.5 Å². The Morgan fingerprint density at radius 2 is 1.87 bits per heavy atom. The lowest BCUT2D eigenvalue weighted by molar-refractivity contribution is -0.128. The van der Waals surface area contributed by atoms with E-state index in [0.29, 0.717) is 43.7 Å². The predicted molar refractivity (Wildman–Crippen MR) is 116 cm³/mol. The van der Waals surface area contributed by atoms with Gasteiger partial charge in [-0.1, -0.05) is 12.1 Å². The van der Waals surface area contributed by atoms with Crippen LogP contribution in [0.5, 0.6) is 5.75 Å². The number of nitrogens with zero attached hydrogens (tertiary/aromatic N) is 2. The Balaban J connectivity index is 1.56. The molecule has 2 N–H and O–H groups in total. The molecule has 1 aromatic heterocycles. The Labute approximate surface area is 182 Å². The minimum atomic E-state index is -0.680. The number of hydrogen-bond acceptors (Lipinski definition) is 5. The van der Waals surface area contributed by atoms with Crippen LogP contribution in [0.3, 0.4) is 0 Å². The minimum absolute atomic E-state index is 0.0266. The van der Waals surface area contributed by atoms with Crippen molar-refractivity contribution in [2.45, 2.75) is 38.3 Å². The van der Waals surface area contributed by atoms with E-state index < -0.39 is 6.04 Å². The molecule has 8 heteroatoms. The van der Waals surface area contributed by atoms with Gasteiger partial charge in [-0.25, -0.2) is 0 Å². The van der Waals surface area contributed by atoms with Crippen LogP contribution in [0.25, 0.3) is 0 Å². The van der Waals surface area contributed by atoms with Crippen molar-refractivity contribution in [3.8, 4) is 5.75 Å². The average molecular weight is 425 g/mol. The zero-order valence-corrected chi connectivity index (χ0v) is 17.8. The van der Waals surface area contributed by atoms with Crippen molar-refractivity contribution in [3.63, 3.8) is 0 Å². The maximum atomic E-state index is 12.9. The van der Waals surface area contributed by atoms with Crippen molar-refractivity contribution >= 4 is 17.7 Å². The number of pyridine rings is 1. The lowest BCUT2D eigenvalue weighted by atomic mass is 10.0. The van der Waals surface area contributed by atoms with E-state index in [2.05, 4.69) is 15.6 Å². The highest BCUT2D eigenvalue weighted by Crippen LogP contribution is 2.16. The van der Waals surface area contributed by atoms with Gasteiger partial charge in [0.05, 0.1) is 7.11 Å². The summed E-state index contributed by atoms with van der Waals surface area (Å²) in [7, 11) is 1.59. The first-order valence-corrected chi connectivity index (χ1v) is 10.4. The van der Waals surface area contributed by atoms with E-state index in [4.69, 9.17) is 4.74 Å². The quantitative estimate of drug-likeness (QED) is 0.703. The summed E-state index contributed by atoms with van der Waals surface area (Å²) >= 11 is 0. The summed E-state index contributed by atoms with van der Waals surface area (Å²) in [6.07, 6.45) is 4.89. The molecule has 1 aromatic carbocycles. The van der Waals surface area contributed by atoms with Gasteiger partial charge in [-0.3, -0.25) is 19.4 Å². The maximum Gasteiger partial charge on any atom is 0.253 e. The van der Waals surface area contributed by atoms with Crippen molar-refractivity contribution in [2.24, 2.45) is 0 Å². The number of amides is 3. The number of benzene rings is 1. The lowest BCUT2D eigenvalue weighted by Crippen LogP contribution is -2.53. The molecule has 2 aromatic rings. The smallest absolute Gasteiger partial charge is 0.253 e. The summed E-state index contributed by atoms with van der Waals surface area (Å²) < 4.78 is 5.24. The summed E-state index contributed by atoms with van der Waals surface area (Å²) in [5.74, 6) is 0.185. The summed E-state index contributed by atoms with van der Waals surface area (Å²) in [6.45, 7) is 2.52. The molecule has 8 nitrogen and oxygen atoms in total. The number of likely N-dealkylation sites (tertiary alicyclic amines) is 1. The molecule has 1 aliphatic heterocycles. The first-order valence-electron chi connectivity index (χ1n) is 10.4. The molecular weight excluding hydrogens is 396 g/mol. The molecular formula is C23H28N4O4. The van der Waals surface area contributed by atoms with E-state index in [1.165, 1.54) is 6.92 Å². The van der Waals surface area contributed by atoms with Gasteiger partial charge in [-0.2, -0.15) is 0 Å². The van der Waals surface area contributed by atoms with Crippen molar-refractivity contribution in [2.75, 3.05) is 20.2 Å². The van der Waals surface area contributed by atoms with Crippen molar-refractivity contribution in [1.29, 1.82) is 0 Å². The van der Waals surface area contributed by atoms with Crippen LogP contribution in [0.15, 0.2) is 48.8 Å². The fraction of sp³-hybridized carbons (Fsp3) is 0.391. The molecule has 1 unspecified atom stereocenters. The third-order valence-electron chi connectivity index (χ3n) is 5.32. The van der Waals surface area contributed by atoms with Gasteiger partial charge in [-0.05, 0) is 42.7 Å². The molecule has 1 fully saturated rings. The van der Waals surface area contributed by atoms with E-state index in [0.717, 1.165) is 5.56 Å². The fourth-order valence-electron chi connectivity index (χ4n) is 3.70. The number of piperidine rings is 1. The lowest BCUT2D eigenvalue weighted by Gasteiger charge is -2.33. The van der Waals surface area contributed by atoms with Gasteiger partial charge in [0.2, 0.25) is 11.8 Å². The molecule has 164 valence electrons. The van der Waals surface area contributed by atoms with E-state index >= 15 is 0 Å². The highest BCUT2D eigenvalue weighted by molar-refractivity contribution is 5.94. The molecule has 0 saturated carbocycles. The van der Waals surface area contributed by atoms with E-state index in [1.807, 2.05) is 24.3 Å². The third kappa shape index (κ3) is 6.28. The van der Waals surface area contributed by atoms with Gasteiger partial charge in [0, 0.05) is 50.4 Å². The Morgan fingerprint density at radius 1 is 1.16 bits per heavy atom. The van der Waals surface area contributed by atoms with Crippen LogP contribution in [0.2, 0.25) is 0 Å². The predicted octanol–water partition coefficient (Wildman–Crippen LogP) is 1.56. The standard InChI is InChI=1S/C23H28N4O4/c1-16(28)25-21(15-17-4-3-5-20(14-17)31-2)22(29)26-19-8-12-27(13-9-19)23(30)18-6-10-24-11-7-18/h3-7,10-11,14,19,21H,8-9,12-13,15H2,1-2H3,(H,25,28)(H,26,29). The number of carbonyl (C=O) groups is 3. The molecule has 0 aliphatic carbocycles. The first-order chi connectivity index (χ1) is 15.0. The largest absolute Gasteiger partial charge is 0.497 e. The van der Waals surface area contributed by atoms with Gasteiger partial charge in [0.1, 0.15) is 11.8 Å². The monoisotopic (exact) mass is 424 g/mol. The van der Waals surface area contributed by atoms with Crippen LogP contribution in [0.4, 0.5) is 0 Å². The van der Waals surface area contributed by atoms with Crippen LogP contribution >= 0.6 is 0 Å². The fourth-order valence-corrected chi connectivity index (χ4v) is 3.70. The average Bonchev–Trinajstić information content (AvgIpc) is 2.79. The number of ether oxygens (including phenoxy) is 1. The Morgan fingerprint density at radius 3 is 2.52 bits per heavy atom. The number of hydrogen-bond donors (Lipinski definition) is 2. The second-order valence-electron chi connectivity index (χ2n) is 7.62. The topological polar surface area (TPSA) is 101 Å². The zero-order valence-electron chi connectivity index (χ0n) is 17.8. The molecule has 2 heterocycles. The van der Waals surface area contributed by atoms with Crippen LogP contribution < -0.4 is 15.4 Å². The highest BCUT2D eigenvalue weighted by Gasteiger charge is 2.27.